The number of hydrogen-bond donors (Lipinski definition) is 2. The fourth-order valence-corrected chi connectivity index (χ4v) is 4.53. The molecule has 0 atom stereocenters. The number of nitriles is 1. The third kappa shape index (κ3) is 3.13. The van der Waals surface area contributed by atoms with Gasteiger partial charge in [0.2, 0.25) is 0 Å². The van der Waals surface area contributed by atoms with Crippen LogP contribution in [0.2, 0.25) is 5.02 Å². The van der Waals surface area contributed by atoms with E-state index >= 15 is 0 Å². The second-order valence-electron chi connectivity index (χ2n) is 7.63. The van der Waals surface area contributed by atoms with Gasteiger partial charge in [0.15, 0.2) is 0 Å². The van der Waals surface area contributed by atoms with Gasteiger partial charge in [-0.1, -0.05) is 11.6 Å². The number of fused-ring (bicyclic) bond motifs is 1. The predicted molar refractivity (Wildman–Crippen MR) is 114 cm³/mol. The van der Waals surface area contributed by atoms with Crippen LogP contribution in [0.4, 0.5) is 5.69 Å². The molecule has 144 valence electrons. The van der Waals surface area contributed by atoms with Crippen molar-refractivity contribution in [3.8, 4) is 17.2 Å². The van der Waals surface area contributed by atoms with Gasteiger partial charge in [-0.05, 0) is 57.4 Å². The largest absolute Gasteiger partial charge is 0.396 e. The van der Waals surface area contributed by atoms with Crippen LogP contribution < -0.4 is 11.1 Å². The minimum Gasteiger partial charge on any atom is -0.396 e. The fourth-order valence-electron chi connectivity index (χ4n) is 4.33. The monoisotopic (exact) mass is 393 g/mol. The van der Waals surface area contributed by atoms with E-state index < -0.39 is 0 Å². The first-order chi connectivity index (χ1) is 13.5. The number of anilines is 1. The molecule has 2 aromatic heterocycles. The van der Waals surface area contributed by atoms with Gasteiger partial charge in [0.25, 0.3) is 0 Å². The average molecular weight is 394 g/mol. The van der Waals surface area contributed by atoms with Gasteiger partial charge in [-0.3, -0.25) is 4.98 Å². The van der Waals surface area contributed by atoms with Crippen LogP contribution in [-0.4, -0.2) is 22.6 Å². The van der Waals surface area contributed by atoms with Gasteiger partial charge >= 0.3 is 0 Å². The molecule has 0 unspecified atom stereocenters. The van der Waals surface area contributed by atoms with Crippen LogP contribution in [0.1, 0.15) is 42.9 Å². The van der Waals surface area contributed by atoms with E-state index in [0.717, 1.165) is 53.3 Å². The lowest BCUT2D eigenvalue weighted by atomic mass is 9.91. The Kier molecular flexibility index (Phi) is 5.01. The molecule has 1 saturated carbocycles. The number of nitrogen functional groups attached to an aromatic ring is 1. The van der Waals surface area contributed by atoms with Crippen LogP contribution in [0.15, 0.2) is 30.7 Å². The molecule has 0 radical (unpaired) electrons. The Morgan fingerprint density at radius 3 is 2.64 bits per heavy atom. The van der Waals surface area contributed by atoms with Crippen LogP contribution in [0.25, 0.3) is 22.0 Å². The Morgan fingerprint density at radius 1 is 1.21 bits per heavy atom. The van der Waals surface area contributed by atoms with E-state index in [0.29, 0.717) is 28.4 Å². The number of rotatable bonds is 3. The van der Waals surface area contributed by atoms with Crippen molar-refractivity contribution < 1.29 is 0 Å². The number of aromatic nitrogens is 2. The second-order valence-corrected chi connectivity index (χ2v) is 8.01. The standard InChI is InChI=1S/C22H24ClN5/c1-13-7-21-17(8-14(13)9-24)19(18-10-27-11-20(25)22(18)23)12-28(21)16-5-3-15(26-2)4-6-16/h7-8,10-12,15-16,26H,3-6,25H2,1-2H3. The predicted octanol–water partition coefficient (Wildman–Crippen LogP) is 4.82. The topological polar surface area (TPSA) is 79.7 Å². The molecule has 5 nitrogen and oxygen atoms in total. The molecular weight excluding hydrogens is 370 g/mol. The van der Waals surface area contributed by atoms with E-state index in [1.807, 2.05) is 20.0 Å². The van der Waals surface area contributed by atoms with E-state index in [9.17, 15) is 5.26 Å². The highest BCUT2D eigenvalue weighted by atomic mass is 35.5. The summed E-state index contributed by atoms with van der Waals surface area (Å²) in [6.07, 6.45) is 10.0. The minimum absolute atomic E-state index is 0.431. The van der Waals surface area contributed by atoms with Crippen molar-refractivity contribution in [3.05, 3.63) is 46.9 Å². The van der Waals surface area contributed by atoms with Crippen molar-refractivity contribution in [2.75, 3.05) is 12.8 Å². The first-order valence-corrected chi connectivity index (χ1v) is 10.0. The number of nitrogens with one attached hydrogen (secondary N) is 1. The average Bonchev–Trinajstić information content (AvgIpc) is 3.07. The van der Waals surface area contributed by atoms with E-state index in [2.05, 4.69) is 33.2 Å². The lowest BCUT2D eigenvalue weighted by Crippen LogP contribution is -2.30. The Labute approximate surface area is 170 Å². The van der Waals surface area contributed by atoms with Crippen molar-refractivity contribution in [2.45, 2.75) is 44.7 Å². The maximum Gasteiger partial charge on any atom is 0.0994 e. The highest BCUT2D eigenvalue weighted by Gasteiger charge is 2.24. The van der Waals surface area contributed by atoms with Crippen LogP contribution in [0, 0.1) is 18.3 Å². The summed E-state index contributed by atoms with van der Waals surface area (Å²) in [7, 11) is 2.04. The zero-order valence-corrected chi connectivity index (χ0v) is 16.9. The normalized spacial score (nSPS) is 19.6. The Bertz CT molecular complexity index is 1070. The van der Waals surface area contributed by atoms with Gasteiger partial charge in [0.05, 0.1) is 28.5 Å². The molecule has 0 bridgehead atoms. The number of nitrogens with two attached hydrogens (primary N) is 1. The SMILES string of the molecule is CNC1CCC(n2cc(-c3cncc(N)c3Cl)c3cc(C#N)c(C)cc32)CC1. The van der Waals surface area contributed by atoms with Gasteiger partial charge in [-0.2, -0.15) is 5.26 Å². The lowest BCUT2D eigenvalue weighted by Gasteiger charge is -2.30. The highest BCUT2D eigenvalue weighted by molar-refractivity contribution is 6.36. The zero-order valence-electron chi connectivity index (χ0n) is 16.2. The molecular formula is C22H24ClN5. The fraction of sp³-hybridized carbons (Fsp3) is 0.364. The minimum atomic E-state index is 0.431. The summed E-state index contributed by atoms with van der Waals surface area (Å²) in [5.74, 6) is 0. The maximum atomic E-state index is 9.53. The molecule has 1 aliphatic carbocycles. The van der Waals surface area contributed by atoms with E-state index in [4.69, 9.17) is 17.3 Å². The molecule has 2 heterocycles. The highest BCUT2D eigenvalue weighted by Crippen LogP contribution is 2.41. The third-order valence-corrected chi connectivity index (χ3v) is 6.42. The second kappa shape index (κ2) is 7.46. The van der Waals surface area contributed by atoms with Crippen LogP contribution >= 0.6 is 11.6 Å². The molecule has 3 aromatic rings. The third-order valence-electron chi connectivity index (χ3n) is 6.00. The van der Waals surface area contributed by atoms with Crippen LogP contribution in [-0.2, 0) is 0 Å². The molecule has 6 heteroatoms. The van der Waals surface area contributed by atoms with Crippen molar-refractivity contribution in [2.24, 2.45) is 0 Å². The summed E-state index contributed by atoms with van der Waals surface area (Å²) in [5, 5.41) is 14.5. The lowest BCUT2D eigenvalue weighted by molar-refractivity contribution is 0.305. The number of benzene rings is 1. The van der Waals surface area contributed by atoms with Gasteiger partial charge < -0.3 is 15.6 Å². The number of nitrogens with zero attached hydrogens (tertiary/aromatic N) is 3. The first-order valence-electron chi connectivity index (χ1n) is 9.65. The number of pyridine rings is 1. The van der Waals surface area contributed by atoms with Gasteiger partial charge in [-0.15, -0.1) is 0 Å². The van der Waals surface area contributed by atoms with Crippen LogP contribution in [0.5, 0.6) is 0 Å². The van der Waals surface area contributed by atoms with E-state index in [1.54, 1.807) is 12.4 Å². The van der Waals surface area contributed by atoms with Gasteiger partial charge in [0, 0.05) is 46.5 Å². The zero-order chi connectivity index (χ0) is 19.8. The molecule has 1 fully saturated rings. The quantitative estimate of drug-likeness (QED) is 0.668. The van der Waals surface area contributed by atoms with Crippen molar-refractivity contribution in [1.29, 1.82) is 5.26 Å². The molecule has 4 rings (SSSR count). The summed E-state index contributed by atoms with van der Waals surface area (Å²) < 4.78 is 2.37. The van der Waals surface area contributed by atoms with Gasteiger partial charge in [-0.25, -0.2) is 0 Å². The summed E-state index contributed by atoms with van der Waals surface area (Å²) in [5.41, 5.74) is 11.1. The number of hydrogen-bond acceptors (Lipinski definition) is 4. The molecule has 0 saturated heterocycles. The molecule has 0 amide bonds. The summed E-state index contributed by atoms with van der Waals surface area (Å²) in [6, 6.07) is 7.42. The summed E-state index contributed by atoms with van der Waals surface area (Å²) in [6.45, 7) is 1.99. The van der Waals surface area contributed by atoms with Gasteiger partial charge in [0.1, 0.15) is 0 Å². The van der Waals surface area contributed by atoms with E-state index in [-0.39, 0.29) is 0 Å². The van der Waals surface area contributed by atoms with Crippen molar-refractivity contribution in [3.63, 3.8) is 0 Å². The van der Waals surface area contributed by atoms with Crippen molar-refractivity contribution >= 4 is 28.2 Å². The molecule has 0 aliphatic heterocycles. The molecule has 28 heavy (non-hydrogen) atoms. The molecule has 1 aliphatic rings. The smallest absolute Gasteiger partial charge is 0.0994 e. The molecule has 3 N–H and O–H groups in total. The van der Waals surface area contributed by atoms with Crippen molar-refractivity contribution in [1.82, 2.24) is 14.9 Å². The Morgan fingerprint density at radius 2 is 1.96 bits per heavy atom. The molecule has 0 spiro atoms. The van der Waals surface area contributed by atoms with E-state index in [1.165, 1.54) is 0 Å². The maximum absolute atomic E-state index is 9.53. The number of halogens is 1. The summed E-state index contributed by atoms with van der Waals surface area (Å²) >= 11 is 6.52. The Hall–Kier alpha value is -2.55. The van der Waals surface area contributed by atoms with Crippen LogP contribution in [0.3, 0.4) is 0 Å². The summed E-state index contributed by atoms with van der Waals surface area (Å²) in [4.78, 5) is 4.24. The molecule has 1 aromatic carbocycles. The Balaban J connectivity index is 1.91. The number of aryl methyl sites for hydroxylation is 1. The first kappa shape index (κ1) is 18.8.